The molecule has 0 saturated carbocycles. The molecule has 3 aromatic carbocycles. The van der Waals surface area contributed by atoms with Crippen LogP contribution >= 0.6 is 11.6 Å². The Morgan fingerprint density at radius 1 is 0.941 bits per heavy atom. The van der Waals surface area contributed by atoms with Crippen LogP contribution in [0.3, 0.4) is 0 Å². The minimum atomic E-state index is -0.370. The highest BCUT2D eigenvalue weighted by Crippen LogP contribution is 2.51. The first kappa shape index (κ1) is 20.6. The third-order valence-electron chi connectivity index (χ3n) is 6.22. The van der Waals surface area contributed by atoms with Gasteiger partial charge in [0.2, 0.25) is 5.95 Å². The molecule has 6 rings (SSSR count). The van der Waals surface area contributed by atoms with Crippen LogP contribution < -0.4 is 19.5 Å². The Kier molecular flexibility index (Phi) is 4.92. The summed E-state index contributed by atoms with van der Waals surface area (Å²) in [5.74, 6) is 2.76. The van der Waals surface area contributed by atoms with Crippen molar-refractivity contribution in [2.75, 3.05) is 19.5 Å². The van der Waals surface area contributed by atoms with E-state index in [9.17, 15) is 0 Å². The van der Waals surface area contributed by atoms with Gasteiger partial charge in [0.1, 0.15) is 24.2 Å². The van der Waals surface area contributed by atoms with Gasteiger partial charge in [-0.1, -0.05) is 41.9 Å². The number of nitrogens with zero attached hydrogens (tertiary/aromatic N) is 3. The summed E-state index contributed by atoms with van der Waals surface area (Å²) in [5.41, 5.74) is 4.92. The maximum atomic E-state index is 6.61. The van der Waals surface area contributed by atoms with E-state index in [-0.39, 0.29) is 12.1 Å². The number of ether oxygens (including phenoxy) is 3. The van der Waals surface area contributed by atoms with Crippen LogP contribution in [0.25, 0.3) is 5.70 Å². The number of hydrogen-bond donors (Lipinski definition) is 1. The van der Waals surface area contributed by atoms with Crippen molar-refractivity contribution in [2.45, 2.75) is 12.1 Å². The number of aromatic nitrogens is 3. The van der Waals surface area contributed by atoms with Gasteiger partial charge in [-0.05, 0) is 47.5 Å². The van der Waals surface area contributed by atoms with Gasteiger partial charge < -0.3 is 19.5 Å². The second kappa shape index (κ2) is 8.11. The third-order valence-corrected chi connectivity index (χ3v) is 6.47. The molecule has 0 radical (unpaired) electrons. The van der Waals surface area contributed by atoms with E-state index in [1.807, 2.05) is 71.4 Å². The van der Waals surface area contributed by atoms with Crippen molar-refractivity contribution in [1.82, 2.24) is 14.8 Å². The van der Waals surface area contributed by atoms with E-state index in [2.05, 4.69) is 15.4 Å². The van der Waals surface area contributed by atoms with Gasteiger partial charge in [-0.25, -0.2) is 4.68 Å². The number of methoxy groups -OCH3 is 2. The Bertz CT molecular complexity index is 1410. The highest BCUT2D eigenvalue weighted by atomic mass is 35.5. The largest absolute Gasteiger partial charge is 0.493 e. The maximum absolute atomic E-state index is 6.61. The van der Waals surface area contributed by atoms with Crippen LogP contribution in [0.2, 0.25) is 5.02 Å². The Morgan fingerprint density at radius 3 is 2.50 bits per heavy atom. The Labute approximate surface area is 201 Å². The van der Waals surface area contributed by atoms with Crippen LogP contribution in [-0.2, 0) is 0 Å². The summed E-state index contributed by atoms with van der Waals surface area (Å²) in [6.07, 6.45) is 1.18. The molecule has 170 valence electrons. The number of anilines is 1. The Morgan fingerprint density at radius 2 is 1.71 bits per heavy atom. The summed E-state index contributed by atoms with van der Waals surface area (Å²) in [4.78, 5) is 4.47. The minimum Gasteiger partial charge on any atom is -0.493 e. The van der Waals surface area contributed by atoms with E-state index in [1.54, 1.807) is 20.5 Å². The van der Waals surface area contributed by atoms with E-state index >= 15 is 0 Å². The van der Waals surface area contributed by atoms with Crippen LogP contribution in [0.15, 0.2) is 78.6 Å². The fourth-order valence-electron chi connectivity index (χ4n) is 4.67. The summed E-state index contributed by atoms with van der Waals surface area (Å²) in [5, 5.41) is 8.74. The molecular formula is C26H21ClN4O3. The molecule has 2 aliphatic heterocycles. The normalized spacial score (nSPS) is 18.2. The van der Waals surface area contributed by atoms with Crippen LogP contribution in [0.1, 0.15) is 28.8 Å². The second-order valence-electron chi connectivity index (χ2n) is 8.05. The van der Waals surface area contributed by atoms with Gasteiger partial charge in [0, 0.05) is 16.2 Å². The monoisotopic (exact) mass is 472 g/mol. The summed E-state index contributed by atoms with van der Waals surface area (Å²) < 4.78 is 19.6. The van der Waals surface area contributed by atoms with Crippen molar-refractivity contribution < 1.29 is 14.2 Å². The van der Waals surface area contributed by atoms with E-state index in [1.165, 1.54) is 0 Å². The highest BCUT2D eigenvalue weighted by Gasteiger charge is 2.41. The first-order valence-corrected chi connectivity index (χ1v) is 11.2. The lowest BCUT2D eigenvalue weighted by Gasteiger charge is -2.39. The minimum absolute atomic E-state index is 0.289. The topological polar surface area (TPSA) is 70.4 Å². The predicted octanol–water partition coefficient (Wildman–Crippen LogP) is 5.51. The van der Waals surface area contributed by atoms with Gasteiger partial charge in [0.05, 0.1) is 19.9 Å². The molecule has 0 unspecified atom stereocenters. The van der Waals surface area contributed by atoms with E-state index < -0.39 is 0 Å². The van der Waals surface area contributed by atoms with Gasteiger partial charge in [-0.2, -0.15) is 10.1 Å². The lowest BCUT2D eigenvalue weighted by atomic mass is 9.84. The molecule has 0 aliphatic carbocycles. The molecule has 3 heterocycles. The molecule has 34 heavy (non-hydrogen) atoms. The van der Waals surface area contributed by atoms with Crippen LogP contribution in [0.4, 0.5) is 5.95 Å². The van der Waals surface area contributed by atoms with Crippen molar-refractivity contribution in [3.63, 3.8) is 0 Å². The molecule has 7 nitrogen and oxygen atoms in total. The molecule has 0 spiro atoms. The van der Waals surface area contributed by atoms with Crippen LogP contribution in [0, 0.1) is 0 Å². The zero-order chi connectivity index (χ0) is 23.2. The molecule has 1 aromatic heterocycles. The van der Waals surface area contributed by atoms with E-state index in [0.717, 1.165) is 33.7 Å². The first-order valence-electron chi connectivity index (χ1n) is 10.8. The van der Waals surface area contributed by atoms with Crippen molar-refractivity contribution >= 4 is 23.2 Å². The summed E-state index contributed by atoms with van der Waals surface area (Å²) in [7, 11) is 3.26. The summed E-state index contributed by atoms with van der Waals surface area (Å²) in [6.45, 7) is 0. The first-order chi connectivity index (χ1) is 16.7. The lowest BCUT2D eigenvalue weighted by Crippen LogP contribution is -2.32. The average molecular weight is 473 g/mol. The number of fused-ring (bicyclic) bond motifs is 3. The number of hydrogen-bond acceptors (Lipinski definition) is 6. The maximum Gasteiger partial charge on any atom is 0.226 e. The van der Waals surface area contributed by atoms with E-state index in [0.29, 0.717) is 22.5 Å². The molecule has 0 fully saturated rings. The van der Waals surface area contributed by atoms with Gasteiger partial charge >= 0.3 is 0 Å². The number of para-hydroxylation sites is 1. The van der Waals surface area contributed by atoms with Crippen LogP contribution in [0.5, 0.6) is 17.2 Å². The Balaban J connectivity index is 1.61. The molecule has 0 saturated heterocycles. The zero-order valence-electron chi connectivity index (χ0n) is 18.5. The number of benzene rings is 3. The molecule has 8 heteroatoms. The molecule has 0 amide bonds. The highest BCUT2D eigenvalue weighted by molar-refractivity contribution is 6.30. The van der Waals surface area contributed by atoms with Gasteiger partial charge in [-0.3, -0.25) is 0 Å². The predicted molar refractivity (Wildman–Crippen MR) is 130 cm³/mol. The SMILES string of the molecule is COc1ccc([C@@H]2C3=C(Nc4ncnn42)c2ccccc2O[C@@H]3c2ccc(Cl)cc2)cc1OC. The fourth-order valence-corrected chi connectivity index (χ4v) is 4.80. The number of nitrogens with one attached hydrogen (secondary N) is 1. The summed E-state index contributed by atoms with van der Waals surface area (Å²) in [6, 6.07) is 21.4. The molecule has 1 N–H and O–H groups in total. The van der Waals surface area contributed by atoms with Gasteiger partial charge in [-0.15, -0.1) is 0 Å². The summed E-state index contributed by atoms with van der Waals surface area (Å²) >= 11 is 6.19. The van der Waals surface area contributed by atoms with Crippen LogP contribution in [-0.4, -0.2) is 29.0 Å². The fraction of sp³-hybridized carbons (Fsp3) is 0.154. The molecule has 2 atom stereocenters. The Hall–Kier alpha value is -3.97. The van der Waals surface area contributed by atoms with E-state index in [4.69, 9.17) is 25.8 Å². The van der Waals surface area contributed by atoms with Crippen molar-refractivity contribution in [1.29, 1.82) is 0 Å². The van der Waals surface area contributed by atoms with Gasteiger partial charge in [0.15, 0.2) is 11.5 Å². The smallest absolute Gasteiger partial charge is 0.226 e. The number of rotatable bonds is 4. The molecular weight excluding hydrogens is 452 g/mol. The zero-order valence-corrected chi connectivity index (χ0v) is 19.3. The van der Waals surface area contributed by atoms with Crippen molar-refractivity contribution in [3.05, 3.63) is 100 Å². The quantitative estimate of drug-likeness (QED) is 0.422. The van der Waals surface area contributed by atoms with Crippen molar-refractivity contribution in [3.8, 4) is 17.2 Å². The molecule has 2 aliphatic rings. The average Bonchev–Trinajstić information content (AvgIpc) is 3.35. The van der Waals surface area contributed by atoms with Crippen molar-refractivity contribution in [2.24, 2.45) is 0 Å². The number of halogens is 1. The molecule has 0 bridgehead atoms. The second-order valence-corrected chi connectivity index (χ2v) is 8.48. The third kappa shape index (κ3) is 3.20. The lowest BCUT2D eigenvalue weighted by molar-refractivity contribution is 0.223. The molecule has 4 aromatic rings. The standard InChI is InChI=1S/C26H21ClN4O3/c1-32-20-12-9-16(13-21(20)33-2)24-22-23(30-26-28-14-29-31(24)26)18-5-3-4-6-19(18)34-25(22)15-7-10-17(27)11-8-15/h3-14,24-25H,1-2H3,(H,28,29,30)/t24-,25-/m1/s1. The van der Waals surface area contributed by atoms with Gasteiger partial charge in [0.25, 0.3) is 0 Å².